The van der Waals surface area contributed by atoms with E-state index < -0.39 is 0 Å². The number of hydrogen-bond donors (Lipinski definition) is 0. The summed E-state index contributed by atoms with van der Waals surface area (Å²) in [5.74, 6) is -0.345. The van der Waals surface area contributed by atoms with Crippen molar-refractivity contribution in [1.29, 1.82) is 0 Å². The van der Waals surface area contributed by atoms with Crippen molar-refractivity contribution in [2.75, 3.05) is 58.5 Å². The van der Waals surface area contributed by atoms with E-state index >= 15 is 0 Å². The molecular formula is C39H53N3O3. The van der Waals surface area contributed by atoms with Crippen molar-refractivity contribution < 1.29 is 14.3 Å². The normalized spacial score (nSPS) is 15.2. The van der Waals surface area contributed by atoms with Gasteiger partial charge in [0, 0.05) is 49.8 Å². The Bertz CT molecular complexity index is 1360. The van der Waals surface area contributed by atoms with Crippen molar-refractivity contribution in [1.82, 2.24) is 9.80 Å². The third kappa shape index (κ3) is 10.9. The highest BCUT2D eigenvalue weighted by atomic mass is 16.5. The quantitative estimate of drug-likeness (QED) is 0.117. The van der Waals surface area contributed by atoms with Gasteiger partial charge in [-0.2, -0.15) is 0 Å². The zero-order valence-electron chi connectivity index (χ0n) is 28.5. The summed E-state index contributed by atoms with van der Waals surface area (Å²) in [6.45, 7) is 16.2. The van der Waals surface area contributed by atoms with Crippen LogP contribution in [0.15, 0.2) is 108 Å². The zero-order valence-corrected chi connectivity index (χ0v) is 28.5. The van der Waals surface area contributed by atoms with E-state index in [0.29, 0.717) is 5.57 Å². The maximum absolute atomic E-state index is 12.7. The lowest BCUT2D eigenvalue weighted by atomic mass is 10.0. The van der Waals surface area contributed by atoms with Crippen molar-refractivity contribution >= 4 is 11.7 Å². The second kappa shape index (κ2) is 18.8. The fourth-order valence-corrected chi connectivity index (χ4v) is 5.60. The summed E-state index contributed by atoms with van der Waals surface area (Å²) < 4.78 is 10.6. The Labute approximate surface area is 272 Å². The number of morpholine rings is 1. The van der Waals surface area contributed by atoms with E-state index in [4.69, 9.17) is 9.47 Å². The van der Waals surface area contributed by atoms with Crippen LogP contribution in [0, 0.1) is 6.92 Å². The molecule has 0 aromatic heterocycles. The molecule has 1 saturated heterocycles. The SMILES string of the molecule is CC=C(C(=C\CC)/C=C(\C=C/C)C(=O)OC)N(CCc1ccc(C)cc1)/C(=C\C)CN(C)Cc1ccc(N2CCOCC2)cc1. The van der Waals surface area contributed by atoms with E-state index in [1.165, 1.54) is 35.2 Å². The highest BCUT2D eigenvalue weighted by molar-refractivity contribution is 5.92. The molecule has 0 unspecified atom stereocenters. The molecule has 0 bridgehead atoms. The predicted molar refractivity (Wildman–Crippen MR) is 188 cm³/mol. The average Bonchev–Trinajstić information content (AvgIpc) is 3.06. The smallest absolute Gasteiger partial charge is 0.337 e. The molecule has 45 heavy (non-hydrogen) atoms. The van der Waals surface area contributed by atoms with Crippen molar-refractivity contribution in [3.63, 3.8) is 0 Å². The first-order chi connectivity index (χ1) is 21.8. The third-order valence-corrected chi connectivity index (χ3v) is 7.98. The van der Waals surface area contributed by atoms with Gasteiger partial charge in [0.25, 0.3) is 0 Å². The van der Waals surface area contributed by atoms with Crippen LogP contribution in [-0.2, 0) is 27.2 Å². The van der Waals surface area contributed by atoms with Gasteiger partial charge in [-0.1, -0.05) is 79.3 Å². The number of methoxy groups -OCH3 is 1. The summed E-state index contributed by atoms with van der Waals surface area (Å²) >= 11 is 0. The number of nitrogens with zero attached hydrogens (tertiary/aromatic N) is 3. The number of carbonyl (C=O) groups is 1. The number of hydrogen-bond acceptors (Lipinski definition) is 6. The third-order valence-electron chi connectivity index (χ3n) is 7.98. The Hall–Kier alpha value is -3.87. The number of likely N-dealkylation sites (N-methyl/N-ethyl adjacent to an activating group) is 1. The van der Waals surface area contributed by atoms with Gasteiger partial charge < -0.3 is 19.3 Å². The number of aryl methyl sites for hydroxylation is 1. The lowest BCUT2D eigenvalue weighted by Gasteiger charge is -2.33. The molecule has 0 N–H and O–H groups in total. The van der Waals surface area contributed by atoms with Crippen LogP contribution in [0.2, 0.25) is 0 Å². The minimum absolute atomic E-state index is 0.345. The minimum atomic E-state index is -0.345. The number of benzene rings is 2. The Morgan fingerprint density at radius 3 is 2.20 bits per heavy atom. The van der Waals surface area contributed by atoms with Crippen LogP contribution in [0.4, 0.5) is 5.69 Å². The number of esters is 1. The fourth-order valence-electron chi connectivity index (χ4n) is 5.60. The van der Waals surface area contributed by atoms with Gasteiger partial charge in [0.15, 0.2) is 0 Å². The fraction of sp³-hybridized carbons (Fsp3) is 0.410. The molecule has 0 aliphatic carbocycles. The molecule has 2 aromatic rings. The molecule has 3 rings (SSSR count). The minimum Gasteiger partial charge on any atom is -0.465 e. The molecule has 6 nitrogen and oxygen atoms in total. The van der Waals surface area contributed by atoms with Crippen molar-refractivity contribution in [2.24, 2.45) is 0 Å². The second-order valence-corrected chi connectivity index (χ2v) is 11.4. The van der Waals surface area contributed by atoms with Crippen LogP contribution in [0.5, 0.6) is 0 Å². The Morgan fingerprint density at radius 2 is 1.62 bits per heavy atom. The lowest BCUT2D eigenvalue weighted by Crippen LogP contribution is -2.36. The number of ether oxygens (including phenoxy) is 2. The zero-order chi connectivity index (χ0) is 32.6. The molecule has 0 spiro atoms. The maximum Gasteiger partial charge on any atom is 0.337 e. The Morgan fingerprint density at radius 1 is 0.956 bits per heavy atom. The predicted octanol–water partition coefficient (Wildman–Crippen LogP) is 7.63. The van der Waals surface area contributed by atoms with Gasteiger partial charge in [-0.25, -0.2) is 4.79 Å². The van der Waals surface area contributed by atoms with E-state index in [9.17, 15) is 4.79 Å². The summed E-state index contributed by atoms with van der Waals surface area (Å²) in [6, 6.07) is 17.7. The highest BCUT2D eigenvalue weighted by Gasteiger charge is 2.20. The summed E-state index contributed by atoms with van der Waals surface area (Å²) in [5.41, 5.74) is 8.91. The first-order valence-corrected chi connectivity index (χ1v) is 16.2. The first kappa shape index (κ1) is 35.6. The molecule has 6 heteroatoms. The average molecular weight is 612 g/mol. The molecular weight excluding hydrogens is 558 g/mol. The van der Waals surface area contributed by atoms with E-state index in [-0.39, 0.29) is 5.97 Å². The van der Waals surface area contributed by atoms with Crippen LogP contribution in [0.25, 0.3) is 0 Å². The summed E-state index contributed by atoms with van der Waals surface area (Å²) in [6.07, 6.45) is 13.9. The standard InChI is InChI=1S/C39H53N3O3/c1-8-12-34(28-35(13-9-2)39(43)44-7)38(11-4)42(23-22-32-16-14-31(5)15-17-32)36(10-3)30-40(6)29-33-18-20-37(21-19-33)41-24-26-45-27-25-41/h9-21,28H,8,22-27,29-30H2,1-7H3/b13-9-,34-12-,35-28+,36-10-,38-11?. The first-order valence-electron chi connectivity index (χ1n) is 16.2. The molecule has 0 atom stereocenters. The molecule has 0 amide bonds. The Kier molecular flexibility index (Phi) is 14.9. The van der Waals surface area contributed by atoms with Crippen LogP contribution in [0.3, 0.4) is 0 Å². The number of rotatable bonds is 15. The maximum atomic E-state index is 12.7. The van der Waals surface area contributed by atoms with E-state index in [2.05, 4.69) is 116 Å². The van der Waals surface area contributed by atoms with Crippen molar-refractivity contribution in [3.05, 3.63) is 124 Å². The summed E-state index contributed by atoms with van der Waals surface area (Å²) in [7, 11) is 3.61. The Balaban J connectivity index is 1.89. The molecule has 1 aliphatic heterocycles. The van der Waals surface area contributed by atoms with E-state index in [1.807, 2.05) is 25.2 Å². The van der Waals surface area contributed by atoms with Crippen LogP contribution in [-0.4, -0.2) is 69.3 Å². The summed E-state index contributed by atoms with van der Waals surface area (Å²) in [4.78, 5) is 19.8. The molecule has 2 aromatic carbocycles. The van der Waals surface area contributed by atoms with Crippen molar-refractivity contribution in [2.45, 2.75) is 54.0 Å². The van der Waals surface area contributed by atoms with Gasteiger partial charge in [-0.3, -0.25) is 4.90 Å². The highest BCUT2D eigenvalue weighted by Crippen LogP contribution is 2.26. The van der Waals surface area contributed by atoms with Gasteiger partial charge in [-0.05, 0) is 82.5 Å². The van der Waals surface area contributed by atoms with Crippen molar-refractivity contribution in [3.8, 4) is 0 Å². The monoisotopic (exact) mass is 611 g/mol. The molecule has 1 aliphatic rings. The molecule has 1 fully saturated rings. The van der Waals surface area contributed by atoms with Crippen LogP contribution in [0.1, 0.15) is 50.8 Å². The van der Waals surface area contributed by atoms with E-state index in [0.717, 1.165) is 70.0 Å². The molecule has 242 valence electrons. The van der Waals surface area contributed by atoms with Gasteiger partial charge in [0.05, 0.1) is 25.9 Å². The van der Waals surface area contributed by atoms with Crippen LogP contribution < -0.4 is 4.90 Å². The number of anilines is 1. The summed E-state index contributed by atoms with van der Waals surface area (Å²) in [5, 5.41) is 0. The van der Waals surface area contributed by atoms with Crippen LogP contribution >= 0.6 is 0 Å². The van der Waals surface area contributed by atoms with E-state index in [1.54, 1.807) is 0 Å². The topological polar surface area (TPSA) is 45.2 Å². The number of allylic oxidation sites excluding steroid dienone is 5. The largest absolute Gasteiger partial charge is 0.465 e. The molecule has 0 saturated carbocycles. The number of carbonyl (C=O) groups excluding carboxylic acids is 1. The van der Waals surface area contributed by atoms with Gasteiger partial charge in [0.2, 0.25) is 0 Å². The second-order valence-electron chi connectivity index (χ2n) is 11.4. The molecule has 1 heterocycles. The van der Waals surface area contributed by atoms with Gasteiger partial charge >= 0.3 is 5.97 Å². The lowest BCUT2D eigenvalue weighted by molar-refractivity contribution is -0.135. The molecule has 0 radical (unpaired) electrons. The van der Waals surface area contributed by atoms with Gasteiger partial charge in [-0.15, -0.1) is 0 Å². The van der Waals surface area contributed by atoms with Gasteiger partial charge in [0.1, 0.15) is 0 Å².